The largest absolute Gasteiger partial charge is 0.469 e. The fraction of sp³-hybridized carbons (Fsp3) is 0.973. The number of fused-ring (bicyclic) bond motifs is 5. The van der Waals surface area contributed by atoms with Crippen LogP contribution in [0.3, 0.4) is 0 Å². The molecule has 45 heavy (non-hydrogen) atoms. The molecule has 0 unspecified atom stereocenters. The van der Waals surface area contributed by atoms with Gasteiger partial charge in [0.05, 0.1) is 13.2 Å². The number of methoxy groups -OCH3 is 1. The van der Waals surface area contributed by atoms with Gasteiger partial charge >= 0.3 is 5.97 Å². The molecular formula is C37H72O5Si3. The Bertz CT molecular complexity index is 1020. The Balaban J connectivity index is 1.74. The fourth-order valence-electron chi connectivity index (χ4n) is 10.6. The summed E-state index contributed by atoms with van der Waals surface area (Å²) in [5, 5.41) is 0. The first-order valence-electron chi connectivity index (χ1n) is 19.0. The molecule has 0 aromatic carbocycles. The SMILES string of the molecule is CC[Si](C)(C)O[C@H]1CC[C@@]2(C)[C@H](C1)C[C@@H](O[Si](C)(C)CC)[C@@H]1[C@@H]2C[C@H](O[Si](C)(C)CC)[C@]2(C)[C@@H]([C@H](C)CCC(=O)OC)CC[C@@H]12. The van der Waals surface area contributed by atoms with Gasteiger partial charge in [-0.3, -0.25) is 4.79 Å². The van der Waals surface area contributed by atoms with Crippen LogP contribution in [0.25, 0.3) is 0 Å². The highest BCUT2D eigenvalue weighted by molar-refractivity contribution is 6.71. The third-order valence-electron chi connectivity index (χ3n) is 14.4. The number of carbonyl (C=O) groups excluding carboxylic acids is 1. The highest BCUT2D eigenvalue weighted by atomic mass is 28.4. The fourth-order valence-corrected chi connectivity index (χ4v) is 14.4. The number of esters is 1. The van der Waals surface area contributed by atoms with Crippen LogP contribution in [0.15, 0.2) is 0 Å². The Morgan fingerprint density at radius 2 is 1.40 bits per heavy atom. The van der Waals surface area contributed by atoms with Gasteiger partial charge in [0.1, 0.15) is 0 Å². The highest BCUT2D eigenvalue weighted by Crippen LogP contribution is 2.70. The third-order valence-corrected chi connectivity index (χ3v) is 22.4. The lowest BCUT2D eigenvalue weighted by Crippen LogP contribution is -2.65. The molecule has 4 rings (SSSR count). The van der Waals surface area contributed by atoms with E-state index < -0.39 is 25.0 Å². The third kappa shape index (κ3) is 7.76. The summed E-state index contributed by atoms with van der Waals surface area (Å²) >= 11 is 0. The van der Waals surface area contributed by atoms with Crippen LogP contribution in [0.1, 0.15) is 99.3 Å². The molecule has 0 aromatic heterocycles. The molecule has 0 aliphatic heterocycles. The Morgan fingerprint density at radius 1 is 0.800 bits per heavy atom. The van der Waals surface area contributed by atoms with E-state index in [1.807, 2.05) is 0 Å². The van der Waals surface area contributed by atoms with Gasteiger partial charge in [-0.15, -0.1) is 0 Å². The minimum atomic E-state index is -1.82. The van der Waals surface area contributed by atoms with Crippen molar-refractivity contribution in [3.8, 4) is 0 Å². The molecule has 0 spiro atoms. The zero-order valence-corrected chi connectivity index (χ0v) is 34.7. The molecule has 11 atom stereocenters. The van der Waals surface area contributed by atoms with Crippen molar-refractivity contribution in [2.45, 2.75) is 175 Å². The molecular weight excluding hydrogens is 609 g/mol. The molecule has 0 heterocycles. The number of hydrogen-bond donors (Lipinski definition) is 0. The van der Waals surface area contributed by atoms with Gasteiger partial charge in [0.25, 0.3) is 0 Å². The van der Waals surface area contributed by atoms with Gasteiger partial charge in [0.15, 0.2) is 25.0 Å². The highest BCUT2D eigenvalue weighted by Gasteiger charge is 2.67. The first-order valence-corrected chi connectivity index (χ1v) is 28.3. The number of rotatable bonds is 13. The van der Waals surface area contributed by atoms with Crippen molar-refractivity contribution in [2.24, 2.45) is 46.3 Å². The van der Waals surface area contributed by atoms with E-state index in [4.69, 9.17) is 18.0 Å². The van der Waals surface area contributed by atoms with E-state index in [2.05, 4.69) is 80.8 Å². The number of hydrogen-bond acceptors (Lipinski definition) is 5. The lowest BCUT2D eigenvalue weighted by molar-refractivity contribution is -0.199. The monoisotopic (exact) mass is 680 g/mol. The van der Waals surface area contributed by atoms with Crippen molar-refractivity contribution in [2.75, 3.05) is 7.11 Å². The summed E-state index contributed by atoms with van der Waals surface area (Å²) in [7, 11) is -3.69. The predicted molar refractivity (Wildman–Crippen MR) is 195 cm³/mol. The zero-order valence-electron chi connectivity index (χ0n) is 31.7. The van der Waals surface area contributed by atoms with E-state index in [1.165, 1.54) is 64.1 Å². The van der Waals surface area contributed by atoms with Gasteiger partial charge in [-0.2, -0.15) is 0 Å². The van der Waals surface area contributed by atoms with Crippen molar-refractivity contribution in [3.05, 3.63) is 0 Å². The van der Waals surface area contributed by atoms with Gasteiger partial charge < -0.3 is 18.0 Å². The molecule has 8 heteroatoms. The van der Waals surface area contributed by atoms with Gasteiger partial charge in [0.2, 0.25) is 0 Å². The van der Waals surface area contributed by atoms with Crippen molar-refractivity contribution in [3.63, 3.8) is 0 Å². The average molecular weight is 681 g/mol. The van der Waals surface area contributed by atoms with E-state index in [1.54, 1.807) is 0 Å². The second kappa shape index (κ2) is 14.1. The van der Waals surface area contributed by atoms with Crippen LogP contribution in [0.4, 0.5) is 0 Å². The molecule has 0 aromatic rings. The molecule has 4 saturated carbocycles. The van der Waals surface area contributed by atoms with Crippen LogP contribution in [-0.4, -0.2) is 56.3 Å². The lowest BCUT2D eigenvalue weighted by atomic mass is 9.43. The second-order valence-electron chi connectivity index (χ2n) is 18.2. The Labute approximate surface area is 281 Å². The molecule has 0 bridgehead atoms. The summed E-state index contributed by atoms with van der Waals surface area (Å²) in [6.07, 6.45) is 11.1. The van der Waals surface area contributed by atoms with Crippen molar-refractivity contribution in [1.29, 1.82) is 0 Å². The maximum atomic E-state index is 12.2. The standard InChI is InChI=1S/C37H72O5Si3/c1-14-43(8,9)40-28-21-22-36(5)27(23-28)24-32(41-44(10,11)15-2)35-30-19-18-29(26(4)17-20-34(38)39-7)37(30,6)33(25-31(35)36)42-45(12,13)16-3/h26-33,35H,14-25H2,1-13H3/t26-,27-,28+,29-,30+,31+,32-,33+,35+,36+,37-/m1/s1. The summed E-state index contributed by atoms with van der Waals surface area (Å²) in [6, 6.07) is 3.51. The van der Waals surface area contributed by atoms with Crippen molar-refractivity contribution in [1.82, 2.24) is 0 Å². The Morgan fingerprint density at radius 3 is 2.00 bits per heavy atom. The molecule has 4 aliphatic carbocycles. The minimum absolute atomic E-state index is 0.0754. The van der Waals surface area contributed by atoms with Crippen molar-refractivity contribution >= 4 is 30.9 Å². The summed E-state index contributed by atoms with van der Waals surface area (Å²) in [5.74, 6) is 3.45. The molecule has 0 saturated heterocycles. The molecule has 0 amide bonds. The van der Waals surface area contributed by atoms with E-state index in [-0.39, 0.29) is 17.5 Å². The topological polar surface area (TPSA) is 54.0 Å². The quantitative estimate of drug-likeness (QED) is 0.143. The van der Waals surface area contributed by atoms with Gasteiger partial charge in [-0.1, -0.05) is 41.5 Å². The van der Waals surface area contributed by atoms with Crippen LogP contribution < -0.4 is 0 Å². The molecule has 262 valence electrons. The summed E-state index contributed by atoms with van der Waals surface area (Å²) in [5.41, 5.74) is 0.422. The van der Waals surface area contributed by atoms with Gasteiger partial charge in [-0.05, 0) is 155 Å². The number of ether oxygens (including phenoxy) is 1. The second-order valence-corrected chi connectivity index (χ2v) is 31.6. The van der Waals surface area contributed by atoms with Crippen LogP contribution in [0.5, 0.6) is 0 Å². The Kier molecular flexibility index (Phi) is 11.8. The zero-order chi connectivity index (χ0) is 33.6. The number of carbonyl (C=O) groups is 1. The normalized spacial score (nSPS) is 39.5. The molecule has 0 radical (unpaired) electrons. The van der Waals surface area contributed by atoms with Crippen LogP contribution in [0, 0.1) is 46.3 Å². The predicted octanol–water partition coefficient (Wildman–Crippen LogP) is 10.3. The van der Waals surface area contributed by atoms with E-state index in [0.717, 1.165) is 12.5 Å². The van der Waals surface area contributed by atoms with E-state index >= 15 is 0 Å². The summed E-state index contributed by atoms with van der Waals surface area (Å²) in [4.78, 5) is 12.2. The first-order chi connectivity index (χ1) is 20.9. The first kappa shape index (κ1) is 37.8. The molecule has 4 aliphatic rings. The summed E-state index contributed by atoms with van der Waals surface area (Å²) in [6.45, 7) is 29.3. The Hall–Kier alpha value is 0.000649. The summed E-state index contributed by atoms with van der Waals surface area (Å²) < 4.78 is 27.0. The van der Waals surface area contributed by atoms with Gasteiger partial charge in [-0.25, -0.2) is 0 Å². The van der Waals surface area contributed by atoms with Gasteiger partial charge in [0, 0.05) is 18.6 Å². The van der Waals surface area contributed by atoms with E-state index in [0.29, 0.717) is 59.6 Å². The van der Waals surface area contributed by atoms with Crippen molar-refractivity contribution < 1.29 is 22.8 Å². The molecule has 0 N–H and O–H groups in total. The lowest BCUT2D eigenvalue weighted by Gasteiger charge is -2.66. The van der Waals surface area contributed by atoms with Crippen LogP contribution >= 0.6 is 0 Å². The smallest absolute Gasteiger partial charge is 0.305 e. The van der Waals surface area contributed by atoms with Crippen LogP contribution in [-0.2, 0) is 22.8 Å². The van der Waals surface area contributed by atoms with E-state index in [9.17, 15) is 4.79 Å². The molecule has 4 fully saturated rings. The average Bonchev–Trinajstić information content (AvgIpc) is 3.34. The minimum Gasteiger partial charge on any atom is -0.469 e. The molecule has 5 nitrogen and oxygen atoms in total. The maximum absolute atomic E-state index is 12.2. The van der Waals surface area contributed by atoms with Crippen LogP contribution in [0.2, 0.25) is 57.4 Å². The maximum Gasteiger partial charge on any atom is 0.305 e.